The highest BCUT2D eigenvalue weighted by Crippen LogP contribution is 2.99. The Morgan fingerprint density at radius 3 is 2.38 bits per heavy atom. The zero-order chi connectivity index (χ0) is 11.6. The Morgan fingerprint density at radius 1 is 1.12 bits per heavy atom. The van der Waals surface area contributed by atoms with Gasteiger partial charge >= 0.3 is 0 Å². The number of aliphatic hydroxyl groups is 1. The number of hydrogen-bond donors (Lipinski definition) is 1. The van der Waals surface area contributed by atoms with Gasteiger partial charge in [-0.25, -0.2) is 0 Å². The first-order chi connectivity index (χ1) is 7.32. The second-order valence-electron chi connectivity index (χ2n) is 8.19. The summed E-state index contributed by atoms with van der Waals surface area (Å²) in [5, 5.41) is 10.6. The van der Waals surface area contributed by atoms with Gasteiger partial charge in [0.2, 0.25) is 0 Å². The zero-order valence-corrected chi connectivity index (χ0v) is 11.0. The summed E-state index contributed by atoms with van der Waals surface area (Å²) in [6, 6.07) is 0. The topological polar surface area (TPSA) is 20.2 Å². The highest BCUT2D eigenvalue weighted by molar-refractivity contribution is 5.42. The van der Waals surface area contributed by atoms with Crippen LogP contribution in [0.2, 0.25) is 0 Å². The Labute approximate surface area is 98.6 Å². The second kappa shape index (κ2) is 2.13. The normalized spacial score (nSPS) is 63.2. The molecule has 5 aliphatic rings. The van der Waals surface area contributed by atoms with Crippen molar-refractivity contribution in [2.45, 2.75) is 59.5 Å². The zero-order valence-electron chi connectivity index (χ0n) is 11.0. The van der Waals surface area contributed by atoms with Crippen molar-refractivity contribution in [2.75, 3.05) is 0 Å². The lowest BCUT2D eigenvalue weighted by Gasteiger charge is -2.46. The third-order valence-corrected chi connectivity index (χ3v) is 7.75. The predicted octanol–water partition coefficient (Wildman–Crippen LogP) is 3.22. The van der Waals surface area contributed by atoms with Crippen LogP contribution in [0.5, 0.6) is 0 Å². The van der Waals surface area contributed by atoms with Gasteiger partial charge in [0.05, 0.1) is 6.10 Å². The third kappa shape index (κ3) is 0.573. The molecule has 1 N–H and O–H groups in total. The number of hydrogen-bond acceptors (Lipinski definition) is 1. The van der Waals surface area contributed by atoms with Crippen LogP contribution >= 0.6 is 0 Å². The van der Waals surface area contributed by atoms with Crippen LogP contribution in [-0.4, -0.2) is 11.2 Å². The lowest BCUT2D eigenvalue weighted by molar-refractivity contribution is -0.0567. The van der Waals surface area contributed by atoms with Crippen molar-refractivity contribution >= 4 is 0 Å². The van der Waals surface area contributed by atoms with Crippen LogP contribution in [0.25, 0.3) is 0 Å². The summed E-state index contributed by atoms with van der Waals surface area (Å²) in [6.45, 7) is 9.82. The number of rotatable bonds is 0. The first-order valence-electron chi connectivity index (χ1n) is 7.00. The van der Waals surface area contributed by atoms with E-state index in [-0.39, 0.29) is 6.10 Å². The second-order valence-corrected chi connectivity index (χ2v) is 8.19. The Morgan fingerprint density at radius 2 is 1.81 bits per heavy atom. The van der Waals surface area contributed by atoms with Gasteiger partial charge in [0.15, 0.2) is 0 Å². The average molecular weight is 220 g/mol. The molecule has 5 fully saturated rings. The molecule has 5 saturated carbocycles. The highest BCUT2D eigenvalue weighted by Gasteiger charge is 2.95. The van der Waals surface area contributed by atoms with Crippen LogP contribution in [0.1, 0.15) is 53.4 Å². The van der Waals surface area contributed by atoms with Crippen molar-refractivity contribution in [3.05, 3.63) is 0 Å². The molecule has 0 aromatic heterocycles. The molecular weight excluding hydrogens is 196 g/mol. The van der Waals surface area contributed by atoms with E-state index in [2.05, 4.69) is 27.7 Å². The summed E-state index contributed by atoms with van der Waals surface area (Å²) in [4.78, 5) is 0. The lowest BCUT2D eigenvalue weighted by atomic mass is 9.60. The Bertz CT molecular complexity index is 383. The summed E-state index contributed by atoms with van der Waals surface area (Å²) in [6.07, 6.45) is 5.09. The lowest BCUT2D eigenvalue weighted by Crippen LogP contribution is -2.44. The third-order valence-electron chi connectivity index (χ3n) is 7.75. The van der Waals surface area contributed by atoms with Crippen molar-refractivity contribution in [1.82, 2.24) is 0 Å². The molecule has 0 unspecified atom stereocenters. The van der Waals surface area contributed by atoms with E-state index in [0.717, 1.165) is 18.3 Å². The molecule has 5 aliphatic carbocycles. The fourth-order valence-corrected chi connectivity index (χ4v) is 7.23. The minimum absolute atomic E-state index is 0.00646. The van der Waals surface area contributed by atoms with Gasteiger partial charge in [0.25, 0.3) is 0 Å². The van der Waals surface area contributed by atoms with E-state index in [1.54, 1.807) is 0 Å². The molecule has 0 aromatic carbocycles. The van der Waals surface area contributed by atoms with Gasteiger partial charge in [-0.15, -0.1) is 0 Å². The van der Waals surface area contributed by atoms with Crippen molar-refractivity contribution in [3.8, 4) is 0 Å². The van der Waals surface area contributed by atoms with Crippen LogP contribution in [0.15, 0.2) is 0 Å². The van der Waals surface area contributed by atoms with Gasteiger partial charge in [-0.05, 0) is 53.8 Å². The molecule has 5 rings (SSSR count). The van der Waals surface area contributed by atoms with Crippen LogP contribution in [0.3, 0.4) is 0 Å². The van der Waals surface area contributed by atoms with Crippen molar-refractivity contribution in [1.29, 1.82) is 0 Å². The largest absolute Gasteiger partial charge is 0.392 e. The molecule has 0 aromatic rings. The molecule has 4 bridgehead atoms. The van der Waals surface area contributed by atoms with Crippen LogP contribution in [0.4, 0.5) is 0 Å². The standard InChI is InChI=1S/C15H24O/c1-12(2)6-5-11(16)15-10-7-9(13(15,3)4)8-14(10,12)15/h9-11,16H,5-8H2,1-4H3/t9-,10+,11-,14-,15+/m0/s1. The smallest absolute Gasteiger partial charge is 0.0610 e. The molecule has 2 spiro atoms. The minimum Gasteiger partial charge on any atom is -0.392 e. The highest BCUT2D eigenvalue weighted by atomic mass is 16.3. The maximum absolute atomic E-state index is 10.6. The molecule has 16 heavy (non-hydrogen) atoms. The Hall–Kier alpha value is -0.0400. The molecule has 1 heteroatoms. The average Bonchev–Trinajstić information content (AvgIpc) is 2.47. The van der Waals surface area contributed by atoms with Crippen LogP contribution in [-0.2, 0) is 0 Å². The van der Waals surface area contributed by atoms with Gasteiger partial charge in [0.1, 0.15) is 0 Å². The molecular formula is C15H24O. The van der Waals surface area contributed by atoms with Gasteiger partial charge in [-0.2, -0.15) is 0 Å². The van der Waals surface area contributed by atoms with Gasteiger partial charge < -0.3 is 5.11 Å². The van der Waals surface area contributed by atoms with Gasteiger partial charge in [0, 0.05) is 5.41 Å². The van der Waals surface area contributed by atoms with E-state index in [0.29, 0.717) is 21.7 Å². The molecule has 0 saturated heterocycles. The molecule has 5 atom stereocenters. The van der Waals surface area contributed by atoms with E-state index in [1.165, 1.54) is 19.3 Å². The molecule has 1 nitrogen and oxygen atoms in total. The Kier molecular flexibility index (Phi) is 1.33. The van der Waals surface area contributed by atoms with E-state index >= 15 is 0 Å². The SMILES string of the molecule is CC1(C)[C@H]2C[C@H]3[C@@]14[C@@H](O)CCC(C)(C)[C@]34C2. The van der Waals surface area contributed by atoms with Crippen molar-refractivity contribution in [2.24, 2.45) is 33.5 Å². The maximum atomic E-state index is 10.6. The first kappa shape index (κ1) is 9.94. The Balaban J connectivity index is 1.96. The summed E-state index contributed by atoms with van der Waals surface area (Å²) in [5.41, 5.74) is 1.70. The summed E-state index contributed by atoms with van der Waals surface area (Å²) >= 11 is 0. The van der Waals surface area contributed by atoms with Gasteiger partial charge in [-0.3, -0.25) is 0 Å². The summed E-state index contributed by atoms with van der Waals surface area (Å²) in [5.74, 6) is 1.75. The molecule has 90 valence electrons. The first-order valence-corrected chi connectivity index (χ1v) is 7.00. The van der Waals surface area contributed by atoms with E-state index in [4.69, 9.17) is 0 Å². The summed E-state index contributed by atoms with van der Waals surface area (Å²) in [7, 11) is 0. The fraction of sp³-hybridized carbons (Fsp3) is 1.00. The fourth-order valence-electron chi connectivity index (χ4n) is 7.23. The van der Waals surface area contributed by atoms with E-state index in [9.17, 15) is 5.11 Å². The molecule has 0 aliphatic heterocycles. The molecule has 0 heterocycles. The molecule has 0 radical (unpaired) electrons. The minimum atomic E-state index is -0.00646. The monoisotopic (exact) mass is 220 g/mol. The van der Waals surface area contributed by atoms with Crippen LogP contribution < -0.4 is 0 Å². The maximum Gasteiger partial charge on any atom is 0.0610 e. The van der Waals surface area contributed by atoms with E-state index < -0.39 is 0 Å². The predicted molar refractivity (Wildman–Crippen MR) is 63.9 cm³/mol. The van der Waals surface area contributed by atoms with Crippen molar-refractivity contribution in [3.63, 3.8) is 0 Å². The number of aliphatic hydroxyl groups excluding tert-OH is 1. The quantitative estimate of drug-likeness (QED) is 0.664. The summed E-state index contributed by atoms with van der Waals surface area (Å²) < 4.78 is 0. The van der Waals surface area contributed by atoms with Crippen molar-refractivity contribution < 1.29 is 5.11 Å². The molecule has 0 amide bonds. The van der Waals surface area contributed by atoms with E-state index in [1.807, 2.05) is 0 Å². The van der Waals surface area contributed by atoms with Gasteiger partial charge in [-0.1, -0.05) is 27.7 Å². The van der Waals surface area contributed by atoms with Crippen LogP contribution in [0, 0.1) is 33.5 Å².